The lowest BCUT2D eigenvalue weighted by molar-refractivity contribution is -0.0584. The van der Waals surface area contributed by atoms with Crippen LogP contribution in [-0.4, -0.2) is 69.0 Å². The number of fused-ring (bicyclic) bond motifs is 1. The molecular formula is C20H18N2O8S. The van der Waals surface area contributed by atoms with Crippen LogP contribution < -0.4 is 4.74 Å². The van der Waals surface area contributed by atoms with Crippen molar-refractivity contribution >= 4 is 27.8 Å². The van der Waals surface area contributed by atoms with Crippen LogP contribution in [0.15, 0.2) is 47.4 Å². The van der Waals surface area contributed by atoms with Crippen molar-refractivity contribution in [3.05, 3.63) is 59.2 Å². The number of methoxy groups -OCH3 is 1. The van der Waals surface area contributed by atoms with Crippen LogP contribution in [0.4, 0.5) is 0 Å². The summed E-state index contributed by atoms with van der Waals surface area (Å²) in [6.07, 6.45) is 0. The topological polar surface area (TPSA) is 120 Å². The highest BCUT2D eigenvalue weighted by atomic mass is 32.2. The predicted molar refractivity (Wildman–Crippen MR) is 105 cm³/mol. The molecule has 2 heterocycles. The van der Waals surface area contributed by atoms with Gasteiger partial charge in [0.25, 0.3) is 11.8 Å². The minimum atomic E-state index is -3.98. The van der Waals surface area contributed by atoms with E-state index in [1.54, 1.807) is 12.1 Å². The van der Waals surface area contributed by atoms with Gasteiger partial charge in [0.1, 0.15) is 10.6 Å². The van der Waals surface area contributed by atoms with Crippen LogP contribution in [0.5, 0.6) is 5.75 Å². The number of imide groups is 1. The molecule has 1 fully saturated rings. The van der Waals surface area contributed by atoms with E-state index in [4.69, 9.17) is 14.3 Å². The molecule has 1 saturated heterocycles. The van der Waals surface area contributed by atoms with Crippen molar-refractivity contribution in [2.24, 2.45) is 0 Å². The molecule has 31 heavy (non-hydrogen) atoms. The summed E-state index contributed by atoms with van der Waals surface area (Å²) in [7, 11) is -2.67. The van der Waals surface area contributed by atoms with Crippen molar-refractivity contribution < 1.29 is 37.1 Å². The van der Waals surface area contributed by atoms with Gasteiger partial charge in [0.15, 0.2) is 0 Å². The molecule has 0 atom stereocenters. The Balaban J connectivity index is 1.62. The van der Waals surface area contributed by atoms with Crippen LogP contribution in [0.3, 0.4) is 0 Å². The SMILES string of the molecule is COc1ccc(C(=O)ON2C(=O)c3ccccc3C2=O)cc1S(=O)(=O)N1CCOCC1. The molecule has 0 saturated carbocycles. The normalized spacial score (nSPS) is 16.9. The van der Waals surface area contributed by atoms with Gasteiger partial charge in [-0.3, -0.25) is 9.59 Å². The van der Waals surface area contributed by atoms with Crippen molar-refractivity contribution in [2.75, 3.05) is 33.4 Å². The monoisotopic (exact) mass is 446 g/mol. The zero-order valence-corrected chi connectivity index (χ0v) is 17.3. The second-order valence-corrected chi connectivity index (χ2v) is 8.62. The van der Waals surface area contributed by atoms with Crippen LogP contribution in [0.25, 0.3) is 0 Å². The first-order chi connectivity index (χ1) is 14.8. The van der Waals surface area contributed by atoms with E-state index in [-0.39, 0.29) is 53.6 Å². The summed E-state index contributed by atoms with van der Waals surface area (Å²) in [5.41, 5.74) is 0.0698. The number of carbonyl (C=O) groups is 3. The van der Waals surface area contributed by atoms with Gasteiger partial charge >= 0.3 is 5.97 Å². The van der Waals surface area contributed by atoms with Crippen LogP contribution >= 0.6 is 0 Å². The van der Waals surface area contributed by atoms with Crippen molar-refractivity contribution in [3.63, 3.8) is 0 Å². The molecule has 2 aliphatic heterocycles. The van der Waals surface area contributed by atoms with Crippen molar-refractivity contribution in [2.45, 2.75) is 4.90 Å². The smallest absolute Gasteiger partial charge is 0.363 e. The summed E-state index contributed by atoms with van der Waals surface area (Å²) in [6.45, 7) is 0.830. The van der Waals surface area contributed by atoms with Crippen LogP contribution in [-0.2, 0) is 19.6 Å². The number of hydroxylamine groups is 2. The summed E-state index contributed by atoms with van der Waals surface area (Å²) < 4.78 is 37.7. The fourth-order valence-corrected chi connectivity index (χ4v) is 4.91. The molecule has 0 bridgehead atoms. The molecule has 162 valence electrons. The number of benzene rings is 2. The average Bonchev–Trinajstić information content (AvgIpc) is 3.04. The minimum absolute atomic E-state index is 0.0452. The van der Waals surface area contributed by atoms with E-state index < -0.39 is 27.8 Å². The van der Waals surface area contributed by atoms with Crippen molar-refractivity contribution in [3.8, 4) is 5.75 Å². The molecule has 0 spiro atoms. The maximum absolute atomic E-state index is 13.1. The third-order valence-corrected chi connectivity index (χ3v) is 6.84. The Hall–Kier alpha value is -3.28. The Morgan fingerprint density at radius 2 is 1.61 bits per heavy atom. The Kier molecular flexibility index (Phi) is 5.48. The van der Waals surface area contributed by atoms with Crippen LogP contribution in [0, 0.1) is 0 Å². The van der Waals surface area contributed by atoms with E-state index >= 15 is 0 Å². The first-order valence-corrected chi connectivity index (χ1v) is 10.7. The highest BCUT2D eigenvalue weighted by Crippen LogP contribution is 2.29. The summed E-state index contributed by atoms with van der Waals surface area (Å²) in [4.78, 5) is 42.3. The Labute approximate surface area is 177 Å². The number of amides is 2. The molecule has 2 amide bonds. The van der Waals surface area contributed by atoms with Gasteiger partial charge in [0.2, 0.25) is 10.0 Å². The lowest BCUT2D eigenvalue weighted by atomic mass is 10.1. The van der Waals surface area contributed by atoms with E-state index in [1.807, 2.05) is 0 Å². The van der Waals surface area contributed by atoms with Crippen LogP contribution in [0.1, 0.15) is 31.1 Å². The quantitative estimate of drug-likeness (QED) is 0.626. The maximum Gasteiger partial charge on any atom is 0.363 e. The molecule has 0 aliphatic carbocycles. The first kappa shape index (κ1) is 21.0. The second kappa shape index (κ2) is 8.10. The van der Waals surface area contributed by atoms with Gasteiger partial charge in [0, 0.05) is 13.1 Å². The molecule has 0 radical (unpaired) electrons. The highest BCUT2D eigenvalue weighted by molar-refractivity contribution is 7.89. The lowest BCUT2D eigenvalue weighted by Gasteiger charge is -2.26. The van der Waals surface area contributed by atoms with Gasteiger partial charge in [-0.05, 0) is 30.3 Å². The molecule has 0 unspecified atom stereocenters. The van der Waals surface area contributed by atoms with Crippen LogP contribution in [0.2, 0.25) is 0 Å². The molecule has 0 aromatic heterocycles. The van der Waals surface area contributed by atoms with E-state index in [2.05, 4.69) is 0 Å². The molecule has 4 rings (SSSR count). The fourth-order valence-electron chi connectivity index (χ4n) is 3.32. The van der Waals surface area contributed by atoms with Gasteiger partial charge < -0.3 is 14.3 Å². The van der Waals surface area contributed by atoms with Gasteiger partial charge in [0.05, 0.1) is 37.0 Å². The number of ether oxygens (including phenoxy) is 2. The number of nitrogens with zero attached hydrogens (tertiary/aromatic N) is 2. The van der Waals surface area contributed by atoms with E-state index in [9.17, 15) is 22.8 Å². The molecule has 10 nitrogen and oxygen atoms in total. The number of morpholine rings is 1. The lowest BCUT2D eigenvalue weighted by Crippen LogP contribution is -2.40. The molecular weight excluding hydrogens is 428 g/mol. The Bertz CT molecular complexity index is 1140. The summed E-state index contributed by atoms with van der Waals surface area (Å²) in [5, 5.41) is 0.368. The third kappa shape index (κ3) is 3.67. The highest BCUT2D eigenvalue weighted by Gasteiger charge is 2.39. The number of rotatable bonds is 5. The number of carbonyl (C=O) groups excluding carboxylic acids is 3. The summed E-state index contributed by atoms with van der Waals surface area (Å²) in [6, 6.07) is 9.77. The van der Waals surface area contributed by atoms with Gasteiger partial charge in [-0.1, -0.05) is 17.2 Å². The summed E-state index contributed by atoms with van der Waals surface area (Å²) in [5.74, 6) is -2.56. The number of sulfonamides is 1. The Morgan fingerprint density at radius 1 is 1.00 bits per heavy atom. The predicted octanol–water partition coefficient (Wildman–Crippen LogP) is 1.08. The Morgan fingerprint density at radius 3 is 2.19 bits per heavy atom. The standard InChI is InChI=1S/C20H18N2O8S/c1-28-16-7-6-13(12-17(16)31(26,27)21-8-10-29-11-9-21)20(25)30-22-18(23)14-4-2-3-5-15(14)19(22)24/h2-7,12H,8-11H2,1H3. The number of hydrogen-bond donors (Lipinski definition) is 0. The third-order valence-electron chi connectivity index (χ3n) is 4.92. The zero-order chi connectivity index (χ0) is 22.2. The largest absolute Gasteiger partial charge is 0.495 e. The van der Waals surface area contributed by atoms with E-state index in [0.29, 0.717) is 5.06 Å². The van der Waals surface area contributed by atoms with Crippen molar-refractivity contribution in [1.82, 2.24) is 9.37 Å². The zero-order valence-electron chi connectivity index (χ0n) is 16.4. The minimum Gasteiger partial charge on any atom is -0.495 e. The second-order valence-electron chi connectivity index (χ2n) is 6.71. The number of hydrogen-bond acceptors (Lipinski definition) is 8. The molecule has 2 aliphatic rings. The molecule has 2 aromatic carbocycles. The van der Waals surface area contributed by atoms with Gasteiger partial charge in [-0.25, -0.2) is 13.2 Å². The average molecular weight is 446 g/mol. The van der Waals surface area contributed by atoms with Gasteiger partial charge in [-0.15, -0.1) is 0 Å². The summed E-state index contributed by atoms with van der Waals surface area (Å²) >= 11 is 0. The first-order valence-electron chi connectivity index (χ1n) is 9.30. The van der Waals surface area contributed by atoms with Gasteiger partial charge in [-0.2, -0.15) is 4.31 Å². The van der Waals surface area contributed by atoms with Crippen molar-refractivity contribution in [1.29, 1.82) is 0 Å². The molecule has 0 N–H and O–H groups in total. The maximum atomic E-state index is 13.1. The van der Waals surface area contributed by atoms with E-state index in [1.165, 1.54) is 35.7 Å². The van der Waals surface area contributed by atoms with E-state index in [0.717, 1.165) is 6.07 Å². The molecule has 2 aromatic rings. The molecule has 11 heteroatoms. The fraction of sp³-hybridized carbons (Fsp3) is 0.250.